The monoisotopic (exact) mass is 247 g/mol. The summed E-state index contributed by atoms with van der Waals surface area (Å²) in [6.07, 6.45) is 5.52. The standard InChI is InChI=1S/C12H17N5O/c1-9(2)17-11(4-5-13-17)15-12(18)6-10-7-14-16(3)8-10/h4-5,7-9H,6H2,1-3H3,(H,15,18). The van der Waals surface area contributed by atoms with E-state index in [1.54, 1.807) is 27.8 Å². The number of nitrogens with zero attached hydrogens (tertiary/aromatic N) is 4. The topological polar surface area (TPSA) is 64.7 Å². The van der Waals surface area contributed by atoms with E-state index in [2.05, 4.69) is 15.5 Å². The molecule has 0 radical (unpaired) electrons. The van der Waals surface area contributed by atoms with Crippen LogP contribution in [0.1, 0.15) is 25.5 Å². The number of carbonyl (C=O) groups is 1. The third-order valence-corrected chi connectivity index (χ3v) is 2.55. The molecular formula is C12H17N5O. The summed E-state index contributed by atoms with van der Waals surface area (Å²) in [5.41, 5.74) is 0.894. The van der Waals surface area contributed by atoms with Crippen LogP contribution in [-0.2, 0) is 18.3 Å². The van der Waals surface area contributed by atoms with Crippen LogP contribution in [0.4, 0.5) is 5.82 Å². The summed E-state index contributed by atoms with van der Waals surface area (Å²) in [5, 5.41) is 11.1. The average Bonchev–Trinajstić information content (AvgIpc) is 2.87. The summed E-state index contributed by atoms with van der Waals surface area (Å²) in [6.45, 7) is 4.04. The Morgan fingerprint density at radius 2 is 2.22 bits per heavy atom. The molecule has 0 saturated carbocycles. The Morgan fingerprint density at radius 1 is 1.44 bits per heavy atom. The van der Waals surface area contributed by atoms with Crippen molar-refractivity contribution in [3.8, 4) is 0 Å². The highest BCUT2D eigenvalue weighted by Crippen LogP contribution is 2.13. The maximum absolute atomic E-state index is 11.9. The predicted octanol–water partition coefficient (Wildman–Crippen LogP) is 1.38. The smallest absolute Gasteiger partial charge is 0.230 e. The van der Waals surface area contributed by atoms with Crippen LogP contribution in [0.3, 0.4) is 0 Å². The molecule has 0 aliphatic carbocycles. The third kappa shape index (κ3) is 2.77. The Hall–Kier alpha value is -2.11. The lowest BCUT2D eigenvalue weighted by Gasteiger charge is -2.11. The van der Waals surface area contributed by atoms with E-state index in [4.69, 9.17) is 0 Å². The van der Waals surface area contributed by atoms with Crippen LogP contribution >= 0.6 is 0 Å². The van der Waals surface area contributed by atoms with Gasteiger partial charge >= 0.3 is 0 Å². The number of aromatic nitrogens is 4. The third-order valence-electron chi connectivity index (χ3n) is 2.55. The quantitative estimate of drug-likeness (QED) is 0.887. The van der Waals surface area contributed by atoms with E-state index in [0.717, 1.165) is 11.4 Å². The molecular weight excluding hydrogens is 230 g/mol. The molecule has 0 fully saturated rings. The fraction of sp³-hybridized carbons (Fsp3) is 0.417. The van der Waals surface area contributed by atoms with Gasteiger partial charge in [0.05, 0.1) is 18.8 Å². The van der Waals surface area contributed by atoms with Crippen molar-refractivity contribution in [2.75, 3.05) is 5.32 Å². The molecule has 0 unspecified atom stereocenters. The molecule has 0 spiro atoms. The number of amides is 1. The lowest BCUT2D eigenvalue weighted by atomic mass is 10.2. The summed E-state index contributed by atoms with van der Waals surface area (Å²) in [7, 11) is 1.83. The SMILES string of the molecule is CC(C)n1nccc1NC(=O)Cc1cnn(C)c1. The average molecular weight is 247 g/mol. The Kier molecular flexibility index (Phi) is 3.45. The van der Waals surface area contributed by atoms with Gasteiger partial charge < -0.3 is 5.32 Å². The second-order valence-electron chi connectivity index (χ2n) is 4.50. The fourth-order valence-electron chi connectivity index (χ4n) is 1.76. The molecule has 18 heavy (non-hydrogen) atoms. The maximum atomic E-state index is 11.9. The summed E-state index contributed by atoms with van der Waals surface area (Å²) >= 11 is 0. The second-order valence-corrected chi connectivity index (χ2v) is 4.50. The van der Waals surface area contributed by atoms with E-state index >= 15 is 0 Å². The number of hydrogen-bond acceptors (Lipinski definition) is 3. The van der Waals surface area contributed by atoms with Gasteiger partial charge in [-0.3, -0.25) is 9.48 Å². The Morgan fingerprint density at radius 3 is 2.83 bits per heavy atom. The summed E-state index contributed by atoms with van der Waals surface area (Å²) < 4.78 is 3.46. The van der Waals surface area contributed by atoms with Gasteiger partial charge in [-0.05, 0) is 19.4 Å². The number of hydrogen-bond donors (Lipinski definition) is 1. The van der Waals surface area contributed by atoms with Crippen molar-refractivity contribution in [1.29, 1.82) is 0 Å². The molecule has 2 aromatic rings. The van der Waals surface area contributed by atoms with Crippen molar-refractivity contribution in [2.24, 2.45) is 7.05 Å². The van der Waals surface area contributed by atoms with Crippen molar-refractivity contribution in [3.63, 3.8) is 0 Å². The second kappa shape index (κ2) is 5.03. The van der Waals surface area contributed by atoms with Gasteiger partial charge in [-0.25, -0.2) is 4.68 Å². The van der Waals surface area contributed by atoms with Crippen molar-refractivity contribution < 1.29 is 4.79 Å². The van der Waals surface area contributed by atoms with Crippen LogP contribution in [0.15, 0.2) is 24.7 Å². The molecule has 0 saturated heterocycles. The zero-order chi connectivity index (χ0) is 13.1. The molecule has 0 aromatic carbocycles. The minimum atomic E-state index is -0.0644. The fourth-order valence-corrected chi connectivity index (χ4v) is 1.76. The molecule has 0 aliphatic heterocycles. The predicted molar refractivity (Wildman–Crippen MR) is 68.2 cm³/mol. The van der Waals surface area contributed by atoms with Gasteiger partial charge in [0.2, 0.25) is 5.91 Å². The van der Waals surface area contributed by atoms with Gasteiger partial charge in [0.1, 0.15) is 5.82 Å². The van der Waals surface area contributed by atoms with E-state index in [0.29, 0.717) is 6.42 Å². The molecule has 96 valence electrons. The van der Waals surface area contributed by atoms with Gasteiger partial charge in [0.15, 0.2) is 0 Å². The Bertz CT molecular complexity index is 540. The molecule has 0 bridgehead atoms. The van der Waals surface area contributed by atoms with Crippen LogP contribution in [0.25, 0.3) is 0 Å². The molecule has 2 heterocycles. The van der Waals surface area contributed by atoms with Crippen molar-refractivity contribution in [3.05, 3.63) is 30.2 Å². The van der Waals surface area contributed by atoms with E-state index in [1.165, 1.54) is 0 Å². The van der Waals surface area contributed by atoms with Gasteiger partial charge in [-0.15, -0.1) is 0 Å². The molecule has 6 heteroatoms. The molecule has 6 nitrogen and oxygen atoms in total. The minimum absolute atomic E-state index is 0.0644. The van der Waals surface area contributed by atoms with Crippen LogP contribution in [0, 0.1) is 0 Å². The van der Waals surface area contributed by atoms with Crippen LogP contribution in [-0.4, -0.2) is 25.5 Å². The molecule has 0 aliphatic rings. The number of rotatable bonds is 4. The first-order valence-corrected chi connectivity index (χ1v) is 5.87. The van der Waals surface area contributed by atoms with Crippen molar-refractivity contribution >= 4 is 11.7 Å². The number of nitrogens with one attached hydrogen (secondary N) is 1. The molecule has 1 amide bonds. The van der Waals surface area contributed by atoms with E-state index in [9.17, 15) is 4.79 Å². The van der Waals surface area contributed by atoms with Crippen molar-refractivity contribution in [2.45, 2.75) is 26.3 Å². The maximum Gasteiger partial charge on any atom is 0.230 e. The molecule has 2 aromatic heterocycles. The highest BCUT2D eigenvalue weighted by Gasteiger charge is 2.10. The zero-order valence-corrected chi connectivity index (χ0v) is 10.8. The first-order chi connectivity index (χ1) is 8.56. The lowest BCUT2D eigenvalue weighted by Crippen LogP contribution is -2.18. The van der Waals surface area contributed by atoms with E-state index in [1.807, 2.05) is 27.1 Å². The number of aryl methyl sites for hydroxylation is 1. The zero-order valence-electron chi connectivity index (χ0n) is 10.8. The van der Waals surface area contributed by atoms with Crippen molar-refractivity contribution in [1.82, 2.24) is 19.6 Å². The van der Waals surface area contributed by atoms with E-state index in [-0.39, 0.29) is 11.9 Å². The molecule has 0 atom stereocenters. The van der Waals surface area contributed by atoms with Crippen LogP contribution < -0.4 is 5.32 Å². The summed E-state index contributed by atoms with van der Waals surface area (Å²) in [6, 6.07) is 2.01. The van der Waals surface area contributed by atoms with Gasteiger partial charge in [-0.1, -0.05) is 0 Å². The van der Waals surface area contributed by atoms with Crippen LogP contribution in [0.5, 0.6) is 0 Å². The van der Waals surface area contributed by atoms with E-state index < -0.39 is 0 Å². The number of anilines is 1. The summed E-state index contributed by atoms with van der Waals surface area (Å²) in [4.78, 5) is 11.9. The van der Waals surface area contributed by atoms with Gasteiger partial charge in [-0.2, -0.15) is 10.2 Å². The number of carbonyl (C=O) groups excluding carboxylic acids is 1. The van der Waals surface area contributed by atoms with Gasteiger partial charge in [0, 0.05) is 25.4 Å². The Labute approximate surface area is 106 Å². The van der Waals surface area contributed by atoms with Gasteiger partial charge in [0.25, 0.3) is 0 Å². The Balaban J connectivity index is 2.01. The first kappa shape index (κ1) is 12.3. The normalized spacial score (nSPS) is 10.9. The summed E-state index contributed by atoms with van der Waals surface area (Å²) in [5.74, 6) is 0.657. The minimum Gasteiger partial charge on any atom is -0.311 e. The lowest BCUT2D eigenvalue weighted by molar-refractivity contribution is -0.115. The largest absolute Gasteiger partial charge is 0.311 e. The molecule has 1 N–H and O–H groups in total. The van der Waals surface area contributed by atoms with Crippen LogP contribution in [0.2, 0.25) is 0 Å². The molecule has 2 rings (SSSR count). The highest BCUT2D eigenvalue weighted by atomic mass is 16.1. The highest BCUT2D eigenvalue weighted by molar-refractivity contribution is 5.91. The first-order valence-electron chi connectivity index (χ1n) is 5.87.